The zero-order valence-electron chi connectivity index (χ0n) is 8.91. The van der Waals surface area contributed by atoms with E-state index in [1.807, 2.05) is 12.1 Å². The van der Waals surface area contributed by atoms with Crippen molar-refractivity contribution < 1.29 is 0 Å². The highest BCUT2D eigenvalue weighted by atomic mass is 127. The van der Waals surface area contributed by atoms with E-state index in [4.69, 9.17) is 0 Å². The van der Waals surface area contributed by atoms with Crippen LogP contribution < -0.4 is 5.32 Å². The minimum Gasteiger partial charge on any atom is -0.367 e. The molecule has 0 aliphatic carbocycles. The Balaban J connectivity index is 2.35. The Morgan fingerprint density at radius 3 is 2.94 bits per heavy atom. The number of nitrogens with one attached hydrogen (secondary N) is 1. The third kappa shape index (κ3) is 2.52. The molecule has 0 bridgehead atoms. The van der Waals surface area contributed by atoms with E-state index in [0.717, 1.165) is 22.3 Å². The Kier molecular flexibility index (Phi) is 3.77. The van der Waals surface area contributed by atoms with Crippen LogP contribution in [0.15, 0.2) is 43.0 Å². The normalized spacial score (nSPS) is 10.3. The van der Waals surface area contributed by atoms with Crippen LogP contribution in [-0.4, -0.2) is 11.5 Å². The van der Waals surface area contributed by atoms with Gasteiger partial charge in [0.05, 0.1) is 5.52 Å². The van der Waals surface area contributed by atoms with Gasteiger partial charge in [-0.1, -0.05) is 34.7 Å². The summed E-state index contributed by atoms with van der Waals surface area (Å²) in [7, 11) is 0. The monoisotopic (exact) mass is 324 g/mol. The summed E-state index contributed by atoms with van der Waals surface area (Å²) in [5.41, 5.74) is 2.37. The molecule has 82 valence electrons. The van der Waals surface area contributed by atoms with Crippen LogP contribution in [0.3, 0.4) is 0 Å². The molecule has 0 aliphatic heterocycles. The van der Waals surface area contributed by atoms with Gasteiger partial charge in [-0.2, -0.15) is 0 Å². The van der Waals surface area contributed by atoms with Gasteiger partial charge < -0.3 is 5.32 Å². The van der Waals surface area contributed by atoms with Crippen LogP contribution in [0.4, 0.5) is 5.82 Å². The Hall–Kier alpha value is -1.10. The molecule has 0 radical (unpaired) electrons. The van der Waals surface area contributed by atoms with Crippen LogP contribution in [0.1, 0.15) is 5.56 Å². The standard InChI is InChI=1S/C13H13IN2/c1-2-7-15-13-6-4-11-8-10(9-14)3-5-12(11)16-13/h2-6,8H,1,7,9H2,(H,15,16). The van der Waals surface area contributed by atoms with Crippen molar-refractivity contribution in [2.45, 2.75) is 4.43 Å². The Labute approximate surface area is 109 Å². The van der Waals surface area contributed by atoms with E-state index < -0.39 is 0 Å². The lowest BCUT2D eigenvalue weighted by molar-refractivity contribution is 1.26. The largest absolute Gasteiger partial charge is 0.367 e. The first-order valence-corrected chi connectivity index (χ1v) is 6.66. The van der Waals surface area contributed by atoms with Gasteiger partial charge in [-0.15, -0.1) is 6.58 Å². The molecule has 1 N–H and O–H groups in total. The lowest BCUT2D eigenvalue weighted by Gasteiger charge is -2.05. The fourth-order valence-corrected chi connectivity index (χ4v) is 2.01. The van der Waals surface area contributed by atoms with Crippen molar-refractivity contribution in [3.05, 3.63) is 48.6 Å². The average molecular weight is 324 g/mol. The molecule has 0 atom stereocenters. The van der Waals surface area contributed by atoms with Gasteiger partial charge in [0.25, 0.3) is 0 Å². The van der Waals surface area contributed by atoms with E-state index in [1.54, 1.807) is 0 Å². The van der Waals surface area contributed by atoms with Crippen LogP contribution in [0, 0.1) is 0 Å². The summed E-state index contributed by atoms with van der Waals surface area (Å²) in [6, 6.07) is 10.5. The predicted molar refractivity (Wildman–Crippen MR) is 78.2 cm³/mol. The number of nitrogens with zero attached hydrogens (tertiary/aromatic N) is 1. The van der Waals surface area contributed by atoms with Crippen molar-refractivity contribution in [2.24, 2.45) is 0 Å². The molecule has 2 rings (SSSR count). The van der Waals surface area contributed by atoms with Crippen LogP contribution >= 0.6 is 22.6 Å². The van der Waals surface area contributed by atoms with E-state index >= 15 is 0 Å². The topological polar surface area (TPSA) is 24.9 Å². The predicted octanol–water partition coefficient (Wildman–Crippen LogP) is 3.77. The van der Waals surface area contributed by atoms with E-state index in [0.29, 0.717) is 0 Å². The summed E-state index contributed by atoms with van der Waals surface area (Å²) in [6.45, 7) is 4.41. The molecular formula is C13H13IN2. The van der Waals surface area contributed by atoms with Gasteiger partial charge in [0.2, 0.25) is 0 Å². The zero-order chi connectivity index (χ0) is 11.4. The summed E-state index contributed by atoms with van der Waals surface area (Å²) < 4.78 is 1.03. The van der Waals surface area contributed by atoms with E-state index in [-0.39, 0.29) is 0 Å². The van der Waals surface area contributed by atoms with Crippen molar-refractivity contribution in [1.82, 2.24) is 4.98 Å². The number of hydrogen-bond donors (Lipinski definition) is 1. The number of fused-ring (bicyclic) bond motifs is 1. The van der Waals surface area contributed by atoms with Crippen molar-refractivity contribution in [1.29, 1.82) is 0 Å². The minimum absolute atomic E-state index is 0.740. The molecule has 3 heteroatoms. The average Bonchev–Trinajstić information content (AvgIpc) is 2.35. The molecule has 2 nitrogen and oxygen atoms in total. The molecule has 1 aromatic heterocycles. The molecule has 1 aromatic carbocycles. The molecule has 0 amide bonds. The fraction of sp³-hybridized carbons (Fsp3) is 0.154. The Morgan fingerprint density at radius 1 is 1.31 bits per heavy atom. The quantitative estimate of drug-likeness (QED) is 0.526. The summed E-state index contributed by atoms with van der Waals surface area (Å²) in [4.78, 5) is 4.53. The van der Waals surface area contributed by atoms with E-state index in [2.05, 4.69) is 63.7 Å². The number of halogens is 1. The second-order valence-electron chi connectivity index (χ2n) is 3.53. The van der Waals surface area contributed by atoms with Crippen LogP contribution in [0.2, 0.25) is 0 Å². The maximum atomic E-state index is 4.53. The van der Waals surface area contributed by atoms with Crippen molar-refractivity contribution in [3.63, 3.8) is 0 Å². The summed E-state index contributed by atoms with van der Waals surface area (Å²) in [6.07, 6.45) is 1.82. The van der Waals surface area contributed by atoms with Gasteiger partial charge in [-0.3, -0.25) is 0 Å². The van der Waals surface area contributed by atoms with Crippen molar-refractivity contribution in [3.8, 4) is 0 Å². The highest BCUT2D eigenvalue weighted by molar-refractivity contribution is 14.1. The third-order valence-corrected chi connectivity index (χ3v) is 3.22. The second kappa shape index (κ2) is 5.30. The maximum absolute atomic E-state index is 4.53. The number of pyridine rings is 1. The van der Waals surface area contributed by atoms with E-state index in [1.165, 1.54) is 10.9 Å². The highest BCUT2D eigenvalue weighted by Crippen LogP contribution is 2.18. The molecule has 0 fully saturated rings. The minimum atomic E-state index is 0.740. The summed E-state index contributed by atoms with van der Waals surface area (Å²) >= 11 is 2.37. The second-order valence-corrected chi connectivity index (χ2v) is 4.29. The van der Waals surface area contributed by atoms with Gasteiger partial charge in [-0.25, -0.2) is 4.98 Å². The molecular weight excluding hydrogens is 311 g/mol. The molecule has 2 aromatic rings. The Bertz CT molecular complexity index is 508. The molecule has 16 heavy (non-hydrogen) atoms. The summed E-state index contributed by atoms with van der Waals surface area (Å²) in [5, 5.41) is 4.38. The van der Waals surface area contributed by atoms with Crippen molar-refractivity contribution in [2.75, 3.05) is 11.9 Å². The van der Waals surface area contributed by atoms with Gasteiger partial charge in [0.15, 0.2) is 0 Å². The lowest BCUT2D eigenvalue weighted by atomic mass is 10.1. The summed E-state index contributed by atoms with van der Waals surface area (Å²) in [5.74, 6) is 0.898. The number of aromatic nitrogens is 1. The van der Waals surface area contributed by atoms with E-state index in [9.17, 15) is 0 Å². The molecule has 0 spiro atoms. The zero-order valence-corrected chi connectivity index (χ0v) is 11.1. The maximum Gasteiger partial charge on any atom is 0.126 e. The fourth-order valence-electron chi connectivity index (χ4n) is 1.53. The molecule has 0 aliphatic rings. The number of alkyl halides is 1. The first-order chi connectivity index (χ1) is 7.83. The number of rotatable bonds is 4. The molecule has 0 saturated heterocycles. The van der Waals surface area contributed by atoms with Gasteiger partial charge in [0, 0.05) is 16.4 Å². The lowest BCUT2D eigenvalue weighted by Crippen LogP contribution is -1.99. The SMILES string of the molecule is C=CCNc1ccc2cc(CI)ccc2n1. The molecule has 1 heterocycles. The highest BCUT2D eigenvalue weighted by Gasteiger charge is 1.98. The van der Waals surface area contributed by atoms with Gasteiger partial charge in [0.1, 0.15) is 5.82 Å². The first kappa shape index (κ1) is 11.4. The van der Waals surface area contributed by atoms with Crippen molar-refractivity contribution >= 4 is 39.3 Å². The molecule has 0 saturated carbocycles. The van der Waals surface area contributed by atoms with Crippen LogP contribution in [0.5, 0.6) is 0 Å². The smallest absolute Gasteiger partial charge is 0.126 e. The van der Waals surface area contributed by atoms with Gasteiger partial charge in [-0.05, 0) is 29.8 Å². The number of benzene rings is 1. The first-order valence-electron chi connectivity index (χ1n) is 5.14. The van der Waals surface area contributed by atoms with Crippen LogP contribution in [0.25, 0.3) is 10.9 Å². The molecule has 0 unspecified atom stereocenters. The number of anilines is 1. The van der Waals surface area contributed by atoms with Gasteiger partial charge >= 0.3 is 0 Å². The number of hydrogen-bond acceptors (Lipinski definition) is 2. The third-order valence-electron chi connectivity index (χ3n) is 2.34. The Morgan fingerprint density at radius 2 is 2.19 bits per heavy atom. The van der Waals surface area contributed by atoms with Crippen LogP contribution in [-0.2, 0) is 4.43 Å².